The number of methoxy groups -OCH3 is 2. The van der Waals surface area contributed by atoms with Crippen molar-refractivity contribution in [3.63, 3.8) is 0 Å². The second kappa shape index (κ2) is 10.1. The lowest BCUT2D eigenvalue weighted by molar-refractivity contribution is 0.0949. The van der Waals surface area contributed by atoms with E-state index in [4.69, 9.17) is 9.47 Å². The molecule has 0 aliphatic carbocycles. The van der Waals surface area contributed by atoms with Gasteiger partial charge in [0.25, 0.3) is 5.91 Å². The van der Waals surface area contributed by atoms with Gasteiger partial charge in [0.15, 0.2) is 11.5 Å². The van der Waals surface area contributed by atoms with E-state index in [1.54, 1.807) is 26.5 Å². The zero-order chi connectivity index (χ0) is 20.6. The van der Waals surface area contributed by atoms with E-state index in [1.807, 2.05) is 24.3 Å². The first-order valence-electron chi connectivity index (χ1n) is 10.1. The van der Waals surface area contributed by atoms with Crippen molar-refractivity contribution in [3.8, 4) is 11.5 Å². The maximum atomic E-state index is 12.4. The first-order chi connectivity index (χ1) is 14.1. The number of pyridine rings is 1. The van der Waals surface area contributed by atoms with E-state index in [0.29, 0.717) is 30.2 Å². The number of nitrogens with one attached hydrogen (secondary N) is 1. The smallest absolute Gasteiger partial charge is 0.269 e. The van der Waals surface area contributed by atoms with Crippen LogP contribution < -0.4 is 19.7 Å². The fourth-order valence-electron chi connectivity index (χ4n) is 3.48. The molecule has 0 radical (unpaired) electrons. The van der Waals surface area contributed by atoms with Crippen LogP contribution >= 0.6 is 0 Å². The lowest BCUT2D eigenvalue weighted by Gasteiger charge is -2.35. The summed E-state index contributed by atoms with van der Waals surface area (Å²) in [6.45, 7) is 7.92. The van der Waals surface area contributed by atoms with Gasteiger partial charge in [-0.15, -0.1) is 0 Å². The fourth-order valence-corrected chi connectivity index (χ4v) is 3.48. The van der Waals surface area contributed by atoms with Crippen LogP contribution in [0.5, 0.6) is 11.5 Å². The molecule has 1 aromatic carbocycles. The van der Waals surface area contributed by atoms with Gasteiger partial charge in [-0.3, -0.25) is 4.79 Å². The minimum atomic E-state index is -0.159. The van der Waals surface area contributed by atoms with Crippen molar-refractivity contribution in [2.45, 2.75) is 13.3 Å². The molecule has 0 spiro atoms. The minimum absolute atomic E-state index is 0.159. The average Bonchev–Trinajstić information content (AvgIpc) is 2.79. The van der Waals surface area contributed by atoms with Gasteiger partial charge in [-0.2, -0.15) is 0 Å². The maximum absolute atomic E-state index is 12.4. The predicted octanol–water partition coefficient (Wildman–Crippen LogP) is 2.21. The number of anilines is 1. The van der Waals surface area contributed by atoms with Crippen molar-refractivity contribution in [1.82, 2.24) is 15.2 Å². The second-order valence-electron chi connectivity index (χ2n) is 7.02. The number of benzene rings is 1. The zero-order valence-electron chi connectivity index (χ0n) is 17.5. The van der Waals surface area contributed by atoms with Gasteiger partial charge < -0.3 is 24.6 Å². The van der Waals surface area contributed by atoms with Gasteiger partial charge in [-0.25, -0.2) is 4.98 Å². The average molecular weight is 399 g/mol. The van der Waals surface area contributed by atoms with E-state index in [9.17, 15) is 4.79 Å². The molecule has 0 unspecified atom stereocenters. The molecule has 7 nitrogen and oxygen atoms in total. The van der Waals surface area contributed by atoms with Gasteiger partial charge in [-0.05, 0) is 42.8 Å². The lowest BCUT2D eigenvalue weighted by atomic mass is 10.1. The summed E-state index contributed by atoms with van der Waals surface area (Å²) in [5.41, 5.74) is 2.58. The van der Waals surface area contributed by atoms with Gasteiger partial charge in [0.05, 0.1) is 26.1 Å². The normalized spacial score (nSPS) is 14.5. The van der Waals surface area contributed by atoms with Gasteiger partial charge in [-0.1, -0.05) is 13.0 Å². The monoisotopic (exact) mass is 398 g/mol. The SMILES string of the molecule is CCN1CCN(c2ccc(C(=O)NCCc3ccc(OC)c(OC)c3)nc2)CC1. The molecule has 0 atom stereocenters. The number of piperazine rings is 1. The molecule has 7 heteroatoms. The highest BCUT2D eigenvalue weighted by Gasteiger charge is 2.16. The highest BCUT2D eigenvalue weighted by atomic mass is 16.5. The van der Waals surface area contributed by atoms with Crippen LogP contribution in [0.15, 0.2) is 36.5 Å². The van der Waals surface area contributed by atoms with E-state index in [1.165, 1.54) is 0 Å². The highest BCUT2D eigenvalue weighted by molar-refractivity contribution is 5.92. The molecule has 1 aliphatic heterocycles. The Morgan fingerprint density at radius 1 is 1.07 bits per heavy atom. The van der Waals surface area contributed by atoms with Crippen LogP contribution in [-0.4, -0.2) is 69.3 Å². The summed E-state index contributed by atoms with van der Waals surface area (Å²) in [7, 11) is 3.23. The summed E-state index contributed by atoms with van der Waals surface area (Å²) in [5, 5.41) is 2.93. The third-order valence-electron chi connectivity index (χ3n) is 5.31. The Morgan fingerprint density at radius 3 is 2.45 bits per heavy atom. The number of amides is 1. The quantitative estimate of drug-likeness (QED) is 0.736. The third kappa shape index (κ3) is 5.38. The molecule has 0 saturated carbocycles. The molecule has 1 aromatic heterocycles. The van der Waals surface area contributed by atoms with Crippen LogP contribution in [0, 0.1) is 0 Å². The number of hydrogen-bond donors (Lipinski definition) is 1. The fraction of sp³-hybridized carbons (Fsp3) is 0.455. The van der Waals surface area contributed by atoms with Gasteiger partial charge in [0, 0.05) is 32.7 Å². The highest BCUT2D eigenvalue weighted by Crippen LogP contribution is 2.27. The molecule has 0 bridgehead atoms. The van der Waals surface area contributed by atoms with Gasteiger partial charge >= 0.3 is 0 Å². The summed E-state index contributed by atoms with van der Waals surface area (Å²) in [6, 6.07) is 9.55. The summed E-state index contributed by atoms with van der Waals surface area (Å²) in [5.74, 6) is 1.22. The summed E-state index contributed by atoms with van der Waals surface area (Å²) in [6.07, 6.45) is 2.50. The van der Waals surface area contributed by atoms with Crippen molar-refractivity contribution < 1.29 is 14.3 Å². The number of aromatic nitrogens is 1. The number of nitrogens with zero attached hydrogens (tertiary/aromatic N) is 3. The summed E-state index contributed by atoms with van der Waals surface area (Å²) < 4.78 is 10.6. The summed E-state index contributed by atoms with van der Waals surface area (Å²) >= 11 is 0. The van der Waals surface area contributed by atoms with E-state index in [0.717, 1.165) is 44.0 Å². The predicted molar refractivity (Wildman–Crippen MR) is 114 cm³/mol. The molecule has 2 heterocycles. The molecule has 156 valence electrons. The molecule has 29 heavy (non-hydrogen) atoms. The molecular formula is C22H30N4O3. The van der Waals surface area contributed by atoms with Crippen molar-refractivity contribution in [1.29, 1.82) is 0 Å². The van der Waals surface area contributed by atoms with E-state index < -0.39 is 0 Å². The molecule has 1 N–H and O–H groups in total. The van der Waals surface area contributed by atoms with Crippen LogP contribution in [0.1, 0.15) is 23.0 Å². The second-order valence-corrected chi connectivity index (χ2v) is 7.02. The van der Waals surface area contributed by atoms with E-state index >= 15 is 0 Å². The molecule has 1 aliphatic rings. The number of ether oxygens (including phenoxy) is 2. The van der Waals surface area contributed by atoms with Crippen LogP contribution in [-0.2, 0) is 6.42 Å². The topological polar surface area (TPSA) is 66.9 Å². The number of carbonyl (C=O) groups excluding carboxylic acids is 1. The number of hydrogen-bond acceptors (Lipinski definition) is 6. The Bertz CT molecular complexity index is 802. The first kappa shape index (κ1) is 20.9. The molecule has 3 rings (SSSR count). The molecular weight excluding hydrogens is 368 g/mol. The first-order valence-corrected chi connectivity index (χ1v) is 10.1. The molecule has 1 amide bonds. The van der Waals surface area contributed by atoms with Crippen LogP contribution in [0.2, 0.25) is 0 Å². The molecule has 1 saturated heterocycles. The van der Waals surface area contributed by atoms with Crippen molar-refractivity contribution in [2.24, 2.45) is 0 Å². The number of likely N-dealkylation sites (N-methyl/N-ethyl adjacent to an activating group) is 1. The van der Waals surface area contributed by atoms with Gasteiger partial charge in [0.1, 0.15) is 5.69 Å². The Balaban J connectivity index is 1.50. The van der Waals surface area contributed by atoms with Crippen molar-refractivity contribution in [3.05, 3.63) is 47.8 Å². The van der Waals surface area contributed by atoms with Crippen molar-refractivity contribution >= 4 is 11.6 Å². The Labute approximate surface area is 172 Å². The molecule has 2 aromatic rings. The Morgan fingerprint density at radius 2 is 1.83 bits per heavy atom. The van der Waals surface area contributed by atoms with Crippen LogP contribution in [0.3, 0.4) is 0 Å². The van der Waals surface area contributed by atoms with E-state index in [2.05, 4.69) is 27.0 Å². The van der Waals surface area contributed by atoms with E-state index in [-0.39, 0.29) is 5.91 Å². The zero-order valence-corrected chi connectivity index (χ0v) is 17.5. The summed E-state index contributed by atoms with van der Waals surface area (Å²) in [4.78, 5) is 21.5. The van der Waals surface area contributed by atoms with Crippen molar-refractivity contribution in [2.75, 3.05) is 58.4 Å². The minimum Gasteiger partial charge on any atom is -0.493 e. The number of carbonyl (C=O) groups is 1. The van der Waals surface area contributed by atoms with Gasteiger partial charge in [0.2, 0.25) is 0 Å². The largest absolute Gasteiger partial charge is 0.493 e. The number of rotatable bonds is 8. The van der Waals surface area contributed by atoms with Crippen LogP contribution in [0.4, 0.5) is 5.69 Å². The Kier molecular flexibility index (Phi) is 7.30. The third-order valence-corrected chi connectivity index (χ3v) is 5.31. The standard InChI is InChI=1S/C22H30N4O3/c1-4-25-11-13-26(14-12-25)18-6-7-19(24-16-18)22(27)23-10-9-17-5-8-20(28-2)21(15-17)29-3/h5-8,15-16H,4,9-14H2,1-3H3,(H,23,27). The molecule has 1 fully saturated rings. The lowest BCUT2D eigenvalue weighted by Crippen LogP contribution is -2.46. The Hall–Kier alpha value is -2.80. The van der Waals surface area contributed by atoms with Crippen LogP contribution in [0.25, 0.3) is 0 Å². The maximum Gasteiger partial charge on any atom is 0.269 e.